The van der Waals surface area contributed by atoms with Crippen LogP contribution in [-0.4, -0.2) is 30.0 Å². The van der Waals surface area contributed by atoms with Crippen molar-refractivity contribution in [1.82, 2.24) is 0 Å². The molecule has 6 nitrogen and oxygen atoms in total. The fraction of sp³-hybridized carbons (Fsp3) is 0.238. The fourth-order valence-electron chi connectivity index (χ4n) is 2.52. The monoisotopic (exact) mass is 463 g/mol. The molecule has 2 aromatic rings. The standard InChI is InChI=1S/C21H19BrFNO5/c1-12(8-19(26)14-4-3-5-15(22)9-14)21(28)29-11-20(27)17-7-6-16(10-18(17)23)24-13(2)25/h3-7,9-10,12H,8,11H2,1-2H3,(H,24,25). The summed E-state index contributed by atoms with van der Waals surface area (Å²) in [6, 6.07) is 10.4. The van der Waals surface area contributed by atoms with Gasteiger partial charge in [-0.1, -0.05) is 35.0 Å². The van der Waals surface area contributed by atoms with Gasteiger partial charge in [-0.2, -0.15) is 0 Å². The first-order valence-corrected chi connectivity index (χ1v) is 9.52. The molecule has 1 unspecified atom stereocenters. The summed E-state index contributed by atoms with van der Waals surface area (Å²) in [4.78, 5) is 47.5. The van der Waals surface area contributed by atoms with Crippen LogP contribution in [0.25, 0.3) is 0 Å². The fourth-order valence-corrected chi connectivity index (χ4v) is 2.92. The normalized spacial score (nSPS) is 11.4. The topological polar surface area (TPSA) is 89.5 Å². The molecule has 0 aliphatic carbocycles. The zero-order valence-electron chi connectivity index (χ0n) is 15.8. The lowest BCUT2D eigenvalue weighted by atomic mass is 10.00. The highest BCUT2D eigenvalue weighted by Gasteiger charge is 2.21. The molecule has 29 heavy (non-hydrogen) atoms. The number of Topliss-reactive ketones (excluding diaryl/α,β-unsaturated/α-hetero) is 2. The summed E-state index contributed by atoms with van der Waals surface area (Å²) in [6.07, 6.45) is -0.0801. The predicted octanol–water partition coefficient (Wildman–Crippen LogP) is 4.18. The molecule has 0 aliphatic heterocycles. The van der Waals surface area contributed by atoms with Crippen molar-refractivity contribution in [2.45, 2.75) is 20.3 Å². The number of nitrogens with one attached hydrogen (secondary N) is 1. The third-order valence-electron chi connectivity index (χ3n) is 3.98. The van der Waals surface area contributed by atoms with Gasteiger partial charge in [-0.25, -0.2) is 4.39 Å². The van der Waals surface area contributed by atoms with Gasteiger partial charge in [0, 0.05) is 29.1 Å². The maximum absolute atomic E-state index is 14.1. The van der Waals surface area contributed by atoms with E-state index in [0.717, 1.165) is 10.5 Å². The van der Waals surface area contributed by atoms with Crippen LogP contribution in [0, 0.1) is 11.7 Å². The van der Waals surface area contributed by atoms with Crippen LogP contribution >= 0.6 is 15.9 Å². The zero-order valence-corrected chi connectivity index (χ0v) is 17.4. The van der Waals surface area contributed by atoms with Crippen LogP contribution in [0.4, 0.5) is 10.1 Å². The second-order valence-electron chi connectivity index (χ2n) is 6.45. The molecular weight excluding hydrogens is 445 g/mol. The van der Waals surface area contributed by atoms with Crippen LogP contribution in [0.3, 0.4) is 0 Å². The van der Waals surface area contributed by atoms with Crippen LogP contribution in [0.15, 0.2) is 46.9 Å². The molecule has 1 amide bonds. The van der Waals surface area contributed by atoms with Crippen molar-refractivity contribution in [3.63, 3.8) is 0 Å². The van der Waals surface area contributed by atoms with E-state index in [1.54, 1.807) is 24.3 Å². The molecule has 152 valence electrons. The summed E-state index contributed by atoms with van der Waals surface area (Å²) in [6.45, 7) is 2.15. The lowest BCUT2D eigenvalue weighted by Crippen LogP contribution is -2.22. The van der Waals surface area contributed by atoms with Gasteiger partial charge in [0.15, 0.2) is 12.4 Å². The van der Waals surface area contributed by atoms with Crippen molar-refractivity contribution in [2.75, 3.05) is 11.9 Å². The first-order valence-electron chi connectivity index (χ1n) is 8.73. The van der Waals surface area contributed by atoms with Crippen molar-refractivity contribution in [2.24, 2.45) is 5.92 Å². The lowest BCUT2D eigenvalue weighted by molar-refractivity contribution is -0.146. The Morgan fingerprint density at radius 2 is 1.83 bits per heavy atom. The molecule has 1 N–H and O–H groups in total. The average Bonchev–Trinajstić information content (AvgIpc) is 2.65. The number of hydrogen-bond donors (Lipinski definition) is 1. The van der Waals surface area contributed by atoms with Crippen molar-refractivity contribution in [1.29, 1.82) is 0 Å². The van der Waals surface area contributed by atoms with Gasteiger partial charge in [0.1, 0.15) is 5.82 Å². The first-order chi connectivity index (χ1) is 13.7. The molecule has 8 heteroatoms. The number of carbonyl (C=O) groups is 4. The van der Waals surface area contributed by atoms with Gasteiger partial charge in [-0.3, -0.25) is 19.2 Å². The Kier molecular flexibility index (Phi) is 7.78. The highest BCUT2D eigenvalue weighted by molar-refractivity contribution is 9.10. The van der Waals surface area contributed by atoms with Gasteiger partial charge in [-0.15, -0.1) is 0 Å². The van der Waals surface area contributed by atoms with E-state index in [2.05, 4.69) is 21.2 Å². The minimum Gasteiger partial charge on any atom is -0.457 e. The van der Waals surface area contributed by atoms with Gasteiger partial charge >= 0.3 is 5.97 Å². The minimum absolute atomic E-state index is 0.0801. The van der Waals surface area contributed by atoms with Crippen molar-refractivity contribution < 1.29 is 28.3 Å². The van der Waals surface area contributed by atoms with Crippen LogP contribution in [0.1, 0.15) is 41.0 Å². The molecule has 0 spiro atoms. The summed E-state index contributed by atoms with van der Waals surface area (Å²) in [5.41, 5.74) is 0.407. The second-order valence-corrected chi connectivity index (χ2v) is 7.36. The number of carbonyl (C=O) groups excluding carboxylic acids is 4. The van der Waals surface area contributed by atoms with Crippen molar-refractivity contribution in [3.8, 4) is 0 Å². The molecule has 0 fully saturated rings. The predicted molar refractivity (Wildman–Crippen MR) is 108 cm³/mol. The molecule has 0 aromatic heterocycles. The highest BCUT2D eigenvalue weighted by Crippen LogP contribution is 2.18. The van der Waals surface area contributed by atoms with Crippen LogP contribution in [-0.2, 0) is 14.3 Å². The third kappa shape index (κ3) is 6.60. The van der Waals surface area contributed by atoms with E-state index in [9.17, 15) is 23.6 Å². The van der Waals surface area contributed by atoms with Crippen LogP contribution < -0.4 is 5.32 Å². The lowest BCUT2D eigenvalue weighted by Gasteiger charge is -2.11. The Balaban J connectivity index is 1.91. The van der Waals surface area contributed by atoms with E-state index < -0.39 is 30.1 Å². The Morgan fingerprint density at radius 3 is 2.45 bits per heavy atom. The number of halogens is 2. The highest BCUT2D eigenvalue weighted by atomic mass is 79.9. The van der Waals surface area contributed by atoms with Gasteiger partial charge in [0.25, 0.3) is 0 Å². The third-order valence-corrected chi connectivity index (χ3v) is 4.47. The summed E-state index contributed by atoms with van der Waals surface area (Å²) >= 11 is 3.28. The van der Waals surface area contributed by atoms with Crippen molar-refractivity contribution >= 4 is 45.1 Å². The summed E-state index contributed by atoms with van der Waals surface area (Å²) < 4.78 is 19.8. The molecule has 0 bridgehead atoms. The summed E-state index contributed by atoms with van der Waals surface area (Å²) in [5.74, 6) is -3.66. The van der Waals surface area contributed by atoms with Crippen molar-refractivity contribution in [3.05, 3.63) is 63.9 Å². The summed E-state index contributed by atoms with van der Waals surface area (Å²) in [5, 5.41) is 2.40. The number of ketones is 2. The zero-order chi connectivity index (χ0) is 21.6. The molecule has 0 saturated carbocycles. The van der Waals surface area contributed by atoms with E-state index in [0.29, 0.717) is 5.56 Å². The number of benzene rings is 2. The largest absolute Gasteiger partial charge is 0.457 e. The number of anilines is 1. The maximum Gasteiger partial charge on any atom is 0.309 e. The molecular formula is C21H19BrFNO5. The van der Waals surface area contributed by atoms with Crippen LogP contribution in [0.2, 0.25) is 0 Å². The van der Waals surface area contributed by atoms with Gasteiger partial charge in [0.2, 0.25) is 11.7 Å². The molecule has 1 atom stereocenters. The smallest absolute Gasteiger partial charge is 0.309 e. The molecule has 2 rings (SSSR count). The Bertz CT molecular complexity index is 960. The Morgan fingerprint density at radius 1 is 1.10 bits per heavy atom. The van der Waals surface area contributed by atoms with E-state index in [-0.39, 0.29) is 29.4 Å². The second kappa shape index (κ2) is 10.1. The number of rotatable bonds is 8. The maximum atomic E-state index is 14.1. The number of hydrogen-bond acceptors (Lipinski definition) is 5. The van der Waals surface area contributed by atoms with Gasteiger partial charge < -0.3 is 10.1 Å². The van der Waals surface area contributed by atoms with E-state index >= 15 is 0 Å². The van der Waals surface area contributed by atoms with Gasteiger partial charge in [0.05, 0.1) is 11.5 Å². The van der Waals surface area contributed by atoms with E-state index in [1.807, 2.05) is 0 Å². The minimum atomic E-state index is -0.838. The number of amides is 1. The Hall–Kier alpha value is -2.87. The van der Waals surface area contributed by atoms with E-state index in [4.69, 9.17) is 4.74 Å². The molecule has 0 aliphatic rings. The summed E-state index contributed by atoms with van der Waals surface area (Å²) in [7, 11) is 0. The van der Waals surface area contributed by atoms with Gasteiger partial charge in [-0.05, 0) is 30.3 Å². The quantitative estimate of drug-likeness (QED) is 0.468. The SMILES string of the molecule is CC(=O)Nc1ccc(C(=O)COC(=O)C(C)CC(=O)c2cccc(Br)c2)c(F)c1. The van der Waals surface area contributed by atoms with Crippen LogP contribution in [0.5, 0.6) is 0 Å². The molecule has 2 aromatic carbocycles. The average molecular weight is 464 g/mol. The number of esters is 1. The molecule has 0 saturated heterocycles. The molecule has 0 heterocycles. The Labute approximate surface area is 175 Å². The van der Waals surface area contributed by atoms with E-state index in [1.165, 1.54) is 26.0 Å². The number of ether oxygens (including phenoxy) is 1. The molecule has 0 radical (unpaired) electrons. The first kappa shape index (κ1) is 22.4.